The molecule has 55 heavy (non-hydrogen) atoms. The van der Waals surface area contributed by atoms with E-state index in [1.165, 1.54) is 0 Å². The van der Waals surface area contributed by atoms with E-state index in [1.807, 2.05) is 84.9 Å². The molecule has 256 valence electrons. The van der Waals surface area contributed by atoms with Gasteiger partial charge in [0.25, 0.3) is 0 Å². The van der Waals surface area contributed by atoms with E-state index in [0.717, 1.165) is 21.9 Å². The van der Waals surface area contributed by atoms with Crippen LogP contribution in [0.25, 0.3) is 111 Å². The molecule has 0 spiro atoms. The maximum Gasteiger partial charge on any atom is 0.167 e. The van der Waals surface area contributed by atoms with Gasteiger partial charge in [0, 0.05) is 21.9 Å². The summed E-state index contributed by atoms with van der Waals surface area (Å²) in [5, 5.41) is -0.610. The fourth-order valence-electron chi connectivity index (χ4n) is 6.96. The molecule has 11 aromatic rings. The van der Waals surface area contributed by atoms with Gasteiger partial charge in [0.15, 0.2) is 17.5 Å². The number of nitrogens with zero attached hydrogens (tertiary/aromatic N) is 3. The Morgan fingerprint density at radius 3 is 1.67 bits per heavy atom. The third kappa shape index (κ3) is 5.26. The second-order valence-electron chi connectivity index (χ2n) is 12.8. The zero-order valence-electron chi connectivity index (χ0n) is 43.5. The Labute approximate surface area is 338 Å². The van der Waals surface area contributed by atoms with Crippen LogP contribution in [0.5, 0.6) is 0 Å². The number of furan rings is 1. The molecular weight excluding hydrogens is 671 g/mol. The summed E-state index contributed by atoms with van der Waals surface area (Å²) >= 11 is 0. The summed E-state index contributed by atoms with van der Waals surface area (Å²) in [4.78, 5) is 14.5. The zero-order valence-corrected chi connectivity index (χ0v) is 28.5. The van der Waals surface area contributed by atoms with Crippen molar-refractivity contribution >= 4 is 54.3 Å². The van der Waals surface area contributed by atoms with Crippen LogP contribution in [-0.2, 0) is 0 Å². The lowest BCUT2D eigenvalue weighted by Gasteiger charge is -2.12. The van der Waals surface area contributed by atoms with Crippen molar-refractivity contribution in [1.29, 1.82) is 0 Å². The third-order valence-electron chi connectivity index (χ3n) is 9.54. The summed E-state index contributed by atoms with van der Waals surface area (Å²) in [5.74, 6) is -0.0300. The number of aromatic nitrogens is 3. The molecule has 0 saturated carbocycles. The molecule has 0 amide bonds. The van der Waals surface area contributed by atoms with Crippen molar-refractivity contribution in [3.8, 4) is 56.4 Å². The van der Waals surface area contributed by atoms with E-state index in [-0.39, 0.29) is 50.0 Å². The lowest BCUT2D eigenvalue weighted by molar-refractivity contribution is 0.669. The van der Waals surface area contributed by atoms with Gasteiger partial charge in [-0.2, -0.15) is 0 Å². The van der Waals surface area contributed by atoms with Crippen molar-refractivity contribution < 1.29 is 25.0 Å². The van der Waals surface area contributed by atoms with E-state index >= 15 is 0 Å². The van der Waals surface area contributed by atoms with Crippen molar-refractivity contribution in [2.24, 2.45) is 0 Å². The van der Waals surface area contributed by atoms with Gasteiger partial charge in [0.1, 0.15) is 11.2 Å². The van der Waals surface area contributed by atoms with Crippen LogP contribution in [0.2, 0.25) is 0 Å². The maximum atomic E-state index is 9.69. The van der Waals surface area contributed by atoms with E-state index in [2.05, 4.69) is 0 Å². The van der Waals surface area contributed by atoms with Gasteiger partial charge in [-0.15, -0.1) is 0 Å². The SMILES string of the molecule is [2H]c1c([2H])c(-c2c([2H])c([2H])c3c4c([2H])c([2H])c([2H])c([2H])c4c4c([2H])c([2H])c([2H])c([2H])c4c3c2[2H])c([2H])c([2H])c1-c1nc(-c2cccc(-c3ccccc3)c2)nc(-c2cccc3c2oc2ccccc23)n1. The molecule has 0 radical (unpaired) electrons. The molecule has 0 atom stereocenters. The second kappa shape index (κ2) is 12.6. The first-order chi connectivity index (χ1) is 33.5. The largest absolute Gasteiger partial charge is 0.455 e. The average molecular weight is 717 g/mol. The van der Waals surface area contributed by atoms with E-state index in [9.17, 15) is 9.60 Å². The first-order valence-electron chi connectivity index (χ1n) is 24.8. The highest BCUT2D eigenvalue weighted by molar-refractivity contribution is 6.25. The standard InChI is InChI=1S/C51H31N3O/c1-2-12-32(13-3-1)35-14-10-15-37(30-35)50-52-49(53-51(54-50)45-22-11-21-44-43-20-8-9-23-47(43)55-48(44)45)34-26-24-33(25-27-34)36-28-29-42-40-18-5-4-16-38(40)39-17-6-7-19-41(39)46(42)31-36/h1-31H/i4D,5D,6D,7D,16D,17D,18D,19D,24D,25D,26D,27D,28D,29D,31D. The Kier molecular flexibility index (Phi) is 4.49. The van der Waals surface area contributed by atoms with Crippen molar-refractivity contribution in [2.75, 3.05) is 0 Å². The number of para-hydroxylation sites is 2. The molecule has 9 aromatic carbocycles. The van der Waals surface area contributed by atoms with Crippen molar-refractivity contribution in [2.45, 2.75) is 0 Å². The average Bonchev–Trinajstić information content (AvgIpc) is 3.76. The zero-order chi connectivity index (χ0) is 49.3. The highest BCUT2D eigenvalue weighted by Crippen LogP contribution is 2.39. The molecule has 0 aliphatic carbocycles. The maximum absolute atomic E-state index is 9.69. The summed E-state index contributed by atoms with van der Waals surface area (Å²) in [7, 11) is 0. The molecule has 4 heteroatoms. The summed E-state index contributed by atoms with van der Waals surface area (Å²) in [5.41, 5.74) is 2.29. The molecule has 0 N–H and O–H groups in total. The minimum atomic E-state index is -0.790. The van der Waals surface area contributed by atoms with E-state index < -0.39 is 107 Å². The minimum absolute atomic E-state index is 0.0904. The number of benzene rings is 9. The first-order valence-corrected chi connectivity index (χ1v) is 17.3. The molecule has 4 nitrogen and oxygen atoms in total. The number of rotatable bonds is 5. The summed E-state index contributed by atoms with van der Waals surface area (Å²) in [6.07, 6.45) is 0. The van der Waals surface area contributed by atoms with Gasteiger partial charge in [-0.25, -0.2) is 15.0 Å². The predicted octanol–water partition coefficient (Wildman–Crippen LogP) is 13.6. The fourth-order valence-corrected chi connectivity index (χ4v) is 6.96. The normalized spacial score (nSPS) is 15.5. The van der Waals surface area contributed by atoms with Gasteiger partial charge in [0.05, 0.1) is 26.1 Å². The van der Waals surface area contributed by atoms with Crippen LogP contribution in [0, 0.1) is 0 Å². The topological polar surface area (TPSA) is 51.8 Å². The smallest absolute Gasteiger partial charge is 0.167 e. The highest BCUT2D eigenvalue weighted by atomic mass is 16.3. The molecule has 2 aromatic heterocycles. The minimum Gasteiger partial charge on any atom is -0.455 e. The van der Waals surface area contributed by atoms with E-state index in [1.54, 1.807) is 12.1 Å². The third-order valence-corrected chi connectivity index (χ3v) is 9.54. The summed E-state index contributed by atoms with van der Waals surface area (Å²) < 4.78 is 142. The van der Waals surface area contributed by atoms with Crippen molar-refractivity contribution in [1.82, 2.24) is 15.0 Å². The predicted molar refractivity (Wildman–Crippen MR) is 227 cm³/mol. The Bertz CT molecular complexity index is 4070. The lowest BCUT2D eigenvalue weighted by atomic mass is 9.92. The Morgan fingerprint density at radius 2 is 0.909 bits per heavy atom. The van der Waals surface area contributed by atoms with Crippen LogP contribution in [0.15, 0.2) is 192 Å². The molecule has 0 saturated heterocycles. The quantitative estimate of drug-likeness (QED) is 0.166. The number of fused-ring (bicyclic) bond motifs is 9. The number of hydrogen-bond donors (Lipinski definition) is 0. The number of hydrogen-bond acceptors (Lipinski definition) is 4. The molecule has 0 aliphatic rings. The monoisotopic (exact) mass is 716 g/mol. The van der Waals surface area contributed by atoms with Gasteiger partial charge in [-0.05, 0) is 78.8 Å². The lowest BCUT2D eigenvalue weighted by Crippen LogP contribution is -2.00. The molecule has 0 aliphatic heterocycles. The molecule has 2 heterocycles. The Hall–Kier alpha value is -7.43. The van der Waals surface area contributed by atoms with Gasteiger partial charge in [0.2, 0.25) is 0 Å². The van der Waals surface area contributed by atoms with Crippen LogP contribution >= 0.6 is 0 Å². The molecule has 11 rings (SSSR count). The second-order valence-corrected chi connectivity index (χ2v) is 12.8. The van der Waals surface area contributed by atoms with Gasteiger partial charge >= 0.3 is 0 Å². The summed E-state index contributed by atoms with van der Waals surface area (Å²) in [6, 6.07) is 19.3. The molecule has 0 unspecified atom stereocenters. The van der Waals surface area contributed by atoms with E-state index in [4.69, 9.17) is 30.3 Å². The van der Waals surface area contributed by atoms with Gasteiger partial charge in [-0.3, -0.25) is 0 Å². The van der Waals surface area contributed by atoms with Crippen LogP contribution in [0.4, 0.5) is 0 Å². The Balaban J connectivity index is 1.20. The van der Waals surface area contributed by atoms with Crippen LogP contribution in [-0.4, -0.2) is 15.0 Å². The molecule has 0 bridgehead atoms. The van der Waals surface area contributed by atoms with Gasteiger partial charge in [-0.1, -0.05) is 163 Å². The summed E-state index contributed by atoms with van der Waals surface area (Å²) in [6.45, 7) is 0. The van der Waals surface area contributed by atoms with Crippen LogP contribution in [0.1, 0.15) is 20.6 Å². The molecule has 0 fully saturated rings. The molecular formula is C51H31N3O. The highest BCUT2D eigenvalue weighted by Gasteiger charge is 2.18. The first kappa shape index (κ1) is 19.6. The van der Waals surface area contributed by atoms with Crippen LogP contribution < -0.4 is 0 Å². The fraction of sp³-hybridized carbons (Fsp3) is 0. The Morgan fingerprint density at radius 1 is 0.364 bits per heavy atom. The van der Waals surface area contributed by atoms with Gasteiger partial charge < -0.3 is 4.42 Å². The van der Waals surface area contributed by atoms with Crippen LogP contribution in [0.3, 0.4) is 0 Å². The van der Waals surface area contributed by atoms with Crippen molar-refractivity contribution in [3.63, 3.8) is 0 Å². The van der Waals surface area contributed by atoms with E-state index in [0.29, 0.717) is 22.3 Å². The van der Waals surface area contributed by atoms with Crippen molar-refractivity contribution in [3.05, 3.63) is 188 Å².